The van der Waals surface area contributed by atoms with E-state index in [2.05, 4.69) is 12.2 Å². The van der Waals surface area contributed by atoms with E-state index in [4.69, 9.17) is 0 Å². The van der Waals surface area contributed by atoms with E-state index in [1.165, 1.54) is 13.0 Å². The van der Waals surface area contributed by atoms with E-state index < -0.39 is 63.9 Å². The van der Waals surface area contributed by atoms with Crippen molar-refractivity contribution in [2.45, 2.75) is 112 Å². The molecule has 0 spiro atoms. The van der Waals surface area contributed by atoms with Crippen molar-refractivity contribution in [3.05, 3.63) is 64.8 Å². The van der Waals surface area contributed by atoms with Crippen LogP contribution in [0.25, 0.3) is 6.08 Å². The first-order chi connectivity index (χ1) is 24.3. The zero-order valence-corrected chi connectivity index (χ0v) is 32.2. The summed E-state index contributed by atoms with van der Waals surface area (Å²) in [5.41, 5.74) is -1.28. The van der Waals surface area contributed by atoms with Gasteiger partial charge in [-0.25, -0.2) is 4.79 Å². The highest BCUT2D eigenvalue weighted by atomic mass is 16.4. The molecule has 2 fully saturated rings. The monoisotopic (exact) mass is 719 g/mol. The van der Waals surface area contributed by atoms with Gasteiger partial charge in [-0.1, -0.05) is 91.0 Å². The number of carbonyl (C=O) groups is 3. The van der Waals surface area contributed by atoms with Gasteiger partial charge in [0.15, 0.2) is 5.78 Å². The number of ketones is 2. The predicted molar refractivity (Wildman–Crippen MR) is 201 cm³/mol. The number of benzene rings is 1. The Morgan fingerprint density at radius 1 is 1.04 bits per heavy atom. The molecule has 0 heterocycles. The number of fused-ring (bicyclic) bond motifs is 4. The number of aliphatic hydroxyl groups excluding tert-OH is 4. The summed E-state index contributed by atoms with van der Waals surface area (Å²) in [7, 11) is 0. The predicted octanol–water partition coefficient (Wildman–Crippen LogP) is 5.37. The summed E-state index contributed by atoms with van der Waals surface area (Å²) in [6.07, 6.45) is 2.39. The molecule has 1 aromatic rings. The Kier molecular flexibility index (Phi) is 11.4. The third kappa shape index (κ3) is 6.48. The number of carbonyl (C=O) groups excluding carboxylic acids is 2. The Morgan fingerprint density at radius 2 is 1.69 bits per heavy atom. The standard InChI is InChI=1S/C43H61NO8/c1-9-44-23-29(31(46)20-27(39(51)52)19-24(2)45)25(3)30-21-34(49)43(8)36-35(32(47)22-42(30,43)7)41(6)18-17-33(48)40(4,5)38(41)28(37(36)50)16-15-26-13-11-10-12-14-26/h10-16,20,24-25,28-31,34,37-38,44-46,49-50H,9,17-19,21-23H2,1-8H3,(H,51,52)/b16-15+,27-20+/t24-,25+,28-,29+,30+,31+,34-,37+,38+,41+,42+,43-/m0/s1. The van der Waals surface area contributed by atoms with Crippen LogP contribution in [-0.2, 0) is 14.4 Å². The van der Waals surface area contributed by atoms with Crippen molar-refractivity contribution in [1.82, 2.24) is 5.32 Å². The zero-order valence-electron chi connectivity index (χ0n) is 32.2. The summed E-state index contributed by atoms with van der Waals surface area (Å²) in [6, 6.07) is 9.81. The molecule has 0 bridgehead atoms. The van der Waals surface area contributed by atoms with E-state index in [1.807, 2.05) is 84.0 Å². The highest BCUT2D eigenvalue weighted by molar-refractivity contribution is 6.01. The van der Waals surface area contributed by atoms with Crippen LogP contribution in [0.3, 0.4) is 0 Å². The molecule has 6 N–H and O–H groups in total. The summed E-state index contributed by atoms with van der Waals surface area (Å²) in [5.74, 6) is -3.03. The van der Waals surface area contributed by atoms with E-state index in [-0.39, 0.29) is 47.7 Å². The molecule has 4 aliphatic carbocycles. The molecule has 12 atom stereocenters. The lowest BCUT2D eigenvalue weighted by Gasteiger charge is -2.63. The summed E-state index contributed by atoms with van der Waals surface area (Å²) >= 11 is 0. The van der Waals surface area contributed by atoms with E-state index in [1.54, 1.807) is 0 Å². The molecule has 9 heteroatoms. The van der Waals surface area contributed by atoms with Crippen LogP contribution in [0.4, 0.5) is 0 Å². The van der Waals surface area contributed by atoms with Gasteiger partial charge in [0.1, 0.15) is 5.78 Å². The minimum atomic E-state index is -1.20. The van der Waals surface area contributed by atoms with Crippen molar-refractivity contribution in [2.24, 2.45) is 51.2 Å². The Morgan fingerprint density at radius 3 is 2.29 bits per heavy atom. The largest absolute Gasteiger partial charge is 0.478 e. The van der Waals surface area contributed by atoms with Crippen LogP contribution in [0.5, 0.6) is 0 Å². The topological polar surface area (TPSA) is 164 Å². The smallest absolute Gasteiger partial charge is 0.331 e. The fourth-order valence-corrected chi connectivity index (χ4v) is 11.5. The quantitative estimate of drug-likeness (QED) is 0.156. The second kappa shape index (κ2) is 14.7. The number of aliphatic hydroxyl groups is 4. The van der Waals surface area contributed by atoms with Gasteiger partial charge in [0.25, 0.3) is 0 Å². The van der Waals surface area contributed by atoms with Gasteiger partial charge in [0.2, 0.25) is 0 Å². The lowest BCUT2D eigenvalue weighted by atomic mass is 9.40. The summed E-state index contributed by atoms with van der Waals surface area (Å²) in [4.78, 5) is 40.5. The Balaban J connectivity index is 1.64. The zero-order chi connectivity index (χ0) is 38.6. The first-order valence-corrected chi connectivity index (χ1v) is 19.2. The molecule has 9 nitrogen and oxygen atoms in total. The number of carboxylic acids is 1. The molecule has 0 unspecified atom stereocenters. The van der Waals surface area contributed by atoms with E-state index >= 15 is 0 Å². The average molecular weight is 720 g/mol. The van der Waals surface area contributed by atoms with E-state index in [0.717, 1.165) is 5.56 Å². The maximum absolute atomic E-state index is 14.9. The van der Waals surface area contributed by atoms with Gasteiger partial charge >= 0.3 is 5.97 Å². The number of hydrogen-bond acceptors (Lipinski definition) is 8. The van der Waals surface area contributed by atoms with E-state index in [9.17, 15) is 39.9 Å². The third-order valence-electron chi connectivity index (χ3n) is 14.3. The molecule has 4 aliphatic rings. The number of rotatable bonds is 12. The van der Waals surface area contributed by atoms with Gasteiger partial charge in [-0.05, 0) is 66.7 Å². The van der Waals surface area contributed by atoms with Crippen LogP contribution >= 0.6 is 0 Å². The van der Waals surface area contributed by atoms with Crippen LogP contribution in [0.1, 0.15) is 93.1 Å². The first kappa shape index (κ1) is 40.2. The maximum Gasteiger partial charge on any atom is 0.331 e. The molecule has 1 aromatic carbocycles. The average Bonchev–Trinajstić information content (AvgIpc) is 3.27. The number of hydrogen-bond donors (Lipinski definition) is 6. The minimum absolute atomic E-state index is 0.0581. The summed E-state index contributed by atoms with van der Waals surface area (Å²) in [5, 5.41) is 59.8. The second-order valence-corrected chi connectivity index (χ2v) is 17.6. The van der Waals surface area contributed by atoms with Gasteiger partial charge in [0, 0.05) is 65.0 Å². The van der Waals surface area contributed by atoms with Crippen LogP contribution < -0.4 is 5.32 Å². The van der Waals surface area contributed by atoms with Crippen molar-refractivity contribution >= 4 is 23.6 Å². The Hall–Kier alpha value is -2.95. The highest BCUT2D eigenvalue weighted by Gasteiger charge is 2.71. The van der Waals surface area contributed by atoms with Gasteiger partial charge in [-0.3, -0.25) is 9.59 Å². The van der Waals surface area contributed by atoms with Crippen LogP contribution in [-0.4, -0.2) is 80.6 Å². The molecular weight excluding hydrogens is 658 g/mol. The number of allylic oxidation sites excluding steroid dienone is 1. The fourth-order valence-electron chi connectivity index (χ4n) is 11.5. The SMILES string of the molecule is CCNC[C@H]([C@@H](C)[C@H]1C[C@H](O)[C@@]2(C)C3=C(C(=O)C[C@]12C)[C@@]1(C)CCC(=O)C(C)(C)[C@H]1[C@@H](/C=C/c1ccccc1)[C@H]3O)[C@H](O)/C=C(\C[C@H](C)O)C(=O)O. The van der Waals surface area contributed by atoms with Crippen molar-refractivity contribution in [2.75, 3.05) is 13.1 Å². The lowest BCUT2D eigenvalue weighted by Crippen LogP contribution is -2.63. The number of nitrogens with one attached hydrogen (secondary N) is 1. The van der Waals surface area contributed by atoms with Crippen LogP contribution in [0.15, 0.2) is 59.2 Å². The summed E-state index contributed by atoms with van der Waals surface area (Å²) in [6.45, 7) is 16.5. The Bertz CT molecular complexity index is 1630. The van der Waals surface area contributed by atoms with Gasteiger partial charge < -0.3 is 30.8 Å². The molecule has 0 radical (unpaired) electrons. The molecule has 0 saturated heterocycles. The minimum Gasteiger partial charge on any atom is -0.478 e. The van der Waals surface area contributed by atoms with Crippen molar-refractivity contribution in [3.63, 3.8) is 0 Å². The fraction of sp³-hybridized carbons (Fsp3) is 0.651. The summed E-state index contributed by atoms with van der Waals surface area (Å²) < 4.78 is 0. The third-order valence-corrected chi connectivity index (χ3v) is 14.3. The van der Waals surface area contributed by atoms with Crippen molar-refractivity contribution in [3.8, 4) is 0 Å². The number of carboxylic acid groups (broad SMARTS) is 1. The molecule has 52 heavy (non-hydrogen) atoms. The highest BCUT2D eigenvalue weighted by Crippen LogP contribution is 2.72. The van der Waals surface area contributed by atoms with Crippen LogP contribution in [0, 0.1) is 51.2 Å². The lowest BCUT2D eigenvalue weighted by molar-refractivity contribution is -0.151. The molecule has 5 rings (SSSR count). The second-order valence-electron chi connectivity index (χ2n) is 17.6. The number of aliphatic carboxylic acids is 1. The molecule has 286 valence electrons. The molecular formula is C43H61NO8. The van der Waals surface area contributed by atoms with Gasteiger partial charge in [-0.2, -0.15) is 0 Å². The van der Waals surface area contributed by atoms with Gasteiger partial charge in [0.05, 0.1) is 24.4 Å². The van der Waals surface area contributed by atoms with Gasteiger partial charge in [-0.15, -0.1) is 0 Å². The van der Waals surface area contributed by atoms with Crippen LogP contribution in [0.2, 0.25) is 0 Å². The molecule has 0 aliphatic heterocycles. The van der Waals surface area contributed by atoms with Crippen molar-refractivity contribution in [1.29, 1.82) is 0 Å². The number of Topliss-reactive ketones (excluding diaryl/α,β-unsaturated/α-hetero) is 2. The van der Waals surface area contributed by atoms with Crippen molar-refractivity contribution < 1.29 is 39.9 Å². The van der Waals surface area contributed by atoms with E-state index in [0.29, 0.717) is 43.5 Å². The molecule has 0 aromatic heterocycles. The Labute approximate surface area is 309 Å². The maximum atomic E-state index is 14.9. The molecule has 2 saturated carbocycles. The first-order valence-electron chi connectivity index (χ1n) is 19.2. The normalized spacial score (nSPS) is 36.9. The molecule has 0 amide bonds.